The molecule has 1 aliphatic heterocycles. The number of fused-ring (bicyclic) bond motifs is 2. The zero-order valence-electron chi connectivity index (χ0n) is 11.4. The average molecular weight is 292 g/mol. The van der Waals surface area contributed by atoms with Crippen molar-refractivity contribution in [3.05, 3.63) is 59.2 Å². The predicted molar refractivity (Wildman–Crippen MR) is 87.7 cm³/mol. The van der Waals surface area contributed by atoms with Gasteiger partial charge in [0.1, 0.15) is 5.84 Å². The van der Waals surface area contributed by atoms with Crippen molar-refractivity contribution in [3.63, 3.8) is 0 Å². The number of benzene rings is 2. The van der Waals surface area contributed by atoms with Crippen LogP contribution in [0.15, 0.2) is 52.4 Å². The van der Waals surface area contributed by atoms with Crippen LogP contribution in [-0.2, 0) is 0 Å². The highest BCUT2D eigenvalue weighted by Gasteiger charge is 2.19. The number of nitrogens with two attached hydrogens (primary N) is 1. The molecular formula is C16H12N4S. The van der Waals surface area contributed by atoms with Crippen LogP contribution in [0.1, 0.15) is 16.7 Å². The zero-order valence-corrected chi connectivity index (χ0v) is 12.2. The molecule has 0 atom stereocenters. The summed E-state index contributed by atoms with van der Waals surface area (Å²) in [5.41, 5.74) is 10.0. The summed E-state index contributed by atoms with van der Waals surface area (Å²) in [6, 6.07) is 14.0. The fraction of sp³-hybridized carbons (Fsp3) is 0.0625. The number of aliphatic imine (C=N–C) groups is 2. The molecule has 0 bridgehead atoms. The lowest BCUT2D eigenvalue weighted by Gasteiger charge is -1.96. The SMILES string of the molecule is Cc1cccc2sc(/N=C3\N=C(N)c4ccccc43)nc12. The van der Waals surface area contributed by atoms with Crippen LogP contribution in [-0.4, -0.2) is 16.7 Å². The van der Waals surface area contributed by atoms with Gasteiger partial charge in [0.15, 0.2) is 5.84 Å². The minimum atomic E-state index is 0.515. The zero-order chi connectivity index (χ0) is 14.4. The Kier molecular flexibility index (Phi) is 2.62. The van der Waals surface area contributed by atoms with E-state index >= 15 is 0 Å². The smallest absolute Gasteiger partial charge is 0.212 e. The molecule has 0 unspecified atom stereocenters. The van der Waals surface area contributed by atoms with Crippen molar-refractivity contribution in [2.24, 2.45) is 15.7 Å². The molecule has 21 heavy (non-hydrogen) atoms. The number of nitrogens with zero attached hydrogens (tertiary/aromatic N) is 3. The predicted octanol–water partition coefficient (Wildman–Crippen LogP) is 3.40. The number of rotatable bonds is 1. The third kappa shape index (κ3) is 1.94. The Morgan fingerprint density at radius 2 is 1.86 bits per heavy atom. The Balaban J connectivity index is 1.86. The van der Waals surface area contributed by atoms with Crippen LogP contribution in [0.5, 0.6) is 0 Å². The van der Waals surface area contributed by atoms with Gasteiger partial charge in [-0.3, -0.25) is 0 Å². The Bertz CT molecular complexity index is 921. The van der Waals surface area contributed by atoms with Crippen LogP contribution in [0.4, 0.5) is 5.13 Å². The van der Waals surface area contributed by atoms with Crippen molar-refractivity contribution < 1.29 is 0 Å². The summed E-state index contributed by atoms with van der Waals surface area (Å²) in [4.78, 5) is 13.5. The second-order valence-electron chi connectivity index (χ2n) is 4.90. The highest BCUT2D eigenvalue weighted by molar-refractivity contribution is 7.22. The van der Waals surface area contributed by atoms with Crippen LogP contribution in [0.25, 0.3) is 10.2 Å². The van der Waals surface area contributed by atoms with Gasteiger partial charge in [-0.25, -0.2) is 9.98 Å². The van der Waals surface area contributed by atoms with Crippen molar-refractivity contribution in [1.82, 2.24) is 4.98 Å². The van der Waals surface area contributed by atoms with E-state index in [4.69, 9.17) is 5.73 Å². The lowest BCUT2D eigenvalue weighted by Crippen LogP contribution is -2.09. The molecule has 2 N–H and O–H groups in total. The Morgan fingerprint density at radius 3 is 2.67 bits per heavy atom. The molecular weight excluding hydrogens is 280 g/mol. The van der Waals surface area contributed by atoms with E-state index in [2.05, 4.69) is 34.0 Å². The van der Waals surface area contributed by atoms with Crippen LogP contribution in [0, 0.1) is 6.92 Å². The van der Waals surface area contributed by atoms with Gasteiger partial charge < -0.3 is 5.73 Å². The van der Waals surface area contributed by atoms with E-state index in [1.165, 1.54) is 0 Å². The minimum Gasteiger partial charge on any atom is -0.383 e. The molecule has 0 spiro atoms. The molecule has 0 saturated heterocycles. The van der Waals surface area contributed by atoms with Crippen molar-refractivity contribution in [1.29, 1.82) is 0 Å². The first-order valence-corrected chi connectivity index (χ1v) is 7.43. The van der Waals surface area contributed by atoms with Gasteiger partial charge in [0.2, 0.25) is 5.13 Å². The second-order valence-corrected chi connectivity index (χ2v) is 5.91. The Hall–Kier alpha value is -2.53. The molecule has 2 heterocycles. The molecule has 102 valence electrons. The molecule has 3 aromatic rings. The standard InChI is InChI=1S/C16H12N4S/c1-9-5-4-8-12-13(9)18-16(21-12)20-15-11-7-3-2-6-10(11)14(17)19-15/h2-8H,1H3,(H2,17,18,19,20). The number of para-hydroxylation sites is 1. The van der Waals surface area contributed by atoms with Crippen molar-refractivity contribution >= 4 is 38.4 Å². The van der Waals surface area contributed by atoms with Gasteiger partial charge in [0, 0.05) is 11.1 Å². The number of hydrogen-bond acceptors (Lipinski definition) is 4. The summed E-state index contributed by atoms with van der Waals surface area (Å²) in [6.07, 6.45) is 0. The summed E-state index contributed by atoms with van der Waals surface area (Å²) in [5.74, 6) is 1.15. The summed E-state index contributed by atoms with van der Waals surface area (Å²) < 4.78 is 1.14. The molecule has 1 aromatic heterocycles. The summed E-state index contributed by atoms with van der Waals surface area (Å²) in [6.45, 7) is 2.06. The number of aryl methyl sites for hydroxylation is 1. The van der Waals surface area contributed by atoms with Gasteiger partial charge >= 0.3 is 0 Å². The van der Waals surface area contributed by atoms with Gasteiger partial charge in [0.25, 0.3) is 0 Å². The van der Waals surface area contributed by atoms with Crippen LogP contribution >= 0.6 is 11.3 Å². The number of aromatic nitrogens is 1. The molecule has 0 saturated carbocycles. The van der Waals surface area contributed by atoms with E-state index in [0.717, 1.165) is 26.9 Å². The molecule has 0 radical (unpaired) electrons. The maximum atomic E-state index is 5.94. The number of amidine groups is 2. The van der Waals surface area contributed by atoms with E-state index in [-0.39, 0.29) is 0 Å². The molecule has 4 rings (SSSR count). The Labute approximate surface area is 125 Å². The average Bonchev–Trinajstić information content (AvgIpc) is 3.03. The first kappa shape index (κ1) is 12.2. The first-order chi connectivity index (χ1) is 10.2. The van der Waals surface area contributed by atoms with Crippen molar-refractivity contribution in [3.8, 4) is 0 Å². The van der Waals surface area contributed by atoms with Crippen LogP contribution in [0.3, 0.4) is 0 Å². The second kappa shape index (κ2) is 4.49. The first-order valence-electron chi connectivity index (χ1n) is 6.61. The molecule has 5 heteroatoms. The fourth-order valence-electron chi connectivity index (χ4n) is 2.43. The quantitative estimate of drug-likeness (QED) is 0.747. The summed E-state index contributed by atoms with van der Waals surface area (Å²) >= 11 is 1.57. The Morgan fingerprint density at radius 1 is 1.05 bits per heavy atom. The third-order valence-electron chi connectivity index (χ3n) is 3.48. The van der Waals surface area contributed by atoms with E-state index < -0.39 is 0 Å². The van der Waals surface area contributed by atoms with Gasteiger partial charge in [-0.2, -0.15) is 4.99 Å². The topological polar surface area (TPSA) is 63.6 Å². The molecule has 4 nitrogen and oxygen atoms in total. The van der Waals surface area contributed by atoms with E-state index in [9.17, 15) is 0 Å². The highest BCUT2D eigenvalue weighted by Crippen LogP contribution is 2.31. The molecule has 0 aliphatic carbocycles. The van der Waals surface area contributed by atoms with Gasteiger partial charge in [0.05, 0.1) is 10.2 Å². The van der Waals surface area contributed by atoms with Gasteiger partial charge in [-0.1, -0.05) is 47.7 Å². The largest absolute Gasteiger partial charge is 0.383 e. The van der Waals surface area contributed by atoms with Crippen molar-refractivity contribution in [2.45, 2.75) is 6.92 Å². The molecule has 2 aromatic carbocycles. The van der Waals surface area contributed by atoms with Crippen LogP contribution < -0.4 is 5.73 Å². The fourth-order valence-corrected chi connectivity index (χ4v) is 3.35. The lowest BCUT2D eigenvalue weighted by atomic mass is 10.1. The third-order valence-corrected chi connectivity index (χ3v) is 4.40. The lowest BCUT2D eigenvalue weighted by molar-refractivity contribution is 1.36. The van der Waals surface area contributed by atoms with Gasteiger partial charge in [-0.15, -0.1) is 0 Å². The molecule has 1 aliphatic rings. The molecule has 0 fully saturated rings. The normalized spacial score (nSPS) is 15.5. The van der Waals surface area contributed by atoms with Gasteiger partial charge in [-0.05, 0) is 18.6 Å². The maximum absolute atomic E-state index is 5.94. The summed E-state index contributed by atoms with van der Waals surface area (Å²) in [5, 5.41) is 0.711. The minimum absolute atomic E-state index is 0.515. The van der Waals surface area contributed by atoms with E-state index in [1.54, 1.807) is 11.3 Å². The number of hydrogen-bond donors (Lipinski definition) is 1. The van der Waals surface area contributed by atoms with Crippen LogP contribution in [0.2, 0.25) is 0 Å². The van der Waals surface area contributed by atoms with E-state index in [0.29, 0.717) is 16.8 Å². The molecule has 0 amide bonds. The maximum Gasteiger partial charge on any atom is 0.212 e. The highest BCUT2D eigenvalue weighted by atomic mass is 32.1. The summed E-state index contributed by atoms with van der Waals surface area (Å²) in [7, 11) is 0. The van der Waals surface area contributed by atoms with Crippen molar-refractivity contribution in [2.75, 3.05) is 0 Å². The monoisotopic (exact) mass is 292 g/mol. The van der Waals surface area contributed by atoms with E-state index in [1.807, 2.05) is 30.3 Å². The number of thiazole rings is 1.